The molecule has 1 aromatic heterocycles. The zero-order chi connectivity index (χ0) is 13.3. The Morgan fingerprint density at radius 2 is 2.22 bits per heavy atom. The molecule has 0 atom stereocenters. The van der Waals surface area contributed by atoms with Crippen LogP contribution in [0.3, 0.4) is 0 Å². The molecule has 1 N–H and O–H groups in total. The predicted molar refractivity (Wildman–Crippen MR) is 68.1 cm³/mol. The quantitative estimate of drug-likeness (QED) is 0.858. The van der Waals surface area contributed by atoms with Gasteiger partial charge in [0.2, 0.25) is 5.91 Å². The minimum atomic E-state index is -0.158. The van der Waals surface area contributed by atoms with Gasteiger partial charge >= 0.3 is 0 Å². The SMILES string of the molecule is Cc1cc(C)n(CC(=O)N(C)CC2CC(O)C2)n1. The van der Waals surface area contributed by atoms with E-state index in [1.165, 1.54) is 0 Å². The maximum atomic E-state index is 12.0. The lowest BCUT2D eigenvalue weighted by molar-refractivity contribution is -0.132. The number of rotatable bonds is 4. The Morgan fingerprint density at radius 1 is 1.56 bits per heavy atom. The van der Waals surface area contributed by atoms with Crippen LogP contribution in [-0.2, 0) is 11.3 Å². The van der Waals surface area contributed by atoms with Crippen molar-refractivity contribution in [3.8, 4) is 0 Å². The first-order chi connectivity index (χ1) is 8.45. The Bertz CT molecular complexity index is 435. The zero-order valence-corrected chi connectivity index (χ0v) is 11.3. The zero-order valence-electron chi connectivity index (χ0n) is 11.3. The lowest BCUT2D eigenvalue weighted by atomic mass is 9.82. The molecule has 18 heavy (non-hydrogen) atoms. The Labute approximate surface area is 107 Å². The molecule has 1 heterocycles. The molecule has 2 rings (SSSR count). The molecule has 0 bridgehead atoms. The molecule has 100 valence electrons. The van der Waals surface area contributed by atoms with Gasteiger partial charge in [-0.05, 0) is 38.7 Å². The van der Waals surface area contributed by atoms with Gasteiger partial charge in [-0.1, -0.05) is 0 Å². The van der Waals surface area contributed by atoms with Crippen LogP contribution < -0.4 is 0 Å². The Hall–Kier alpha value is -1.36. The minimum Gasteiger partial charge on any atom is -0.393 e. The van der Waals surface area contributed by atoms with Crippen LogP contribution in [-0.4, -0.2) is 45.4 Å². The van der Waals surface area contributed by atoms with Crippen molar-refractivity contribution in [3.05, 3.63) is 17.5 Å². The normalized spacial score (nSPS) is 22.7. The monoisotopic (exact) mass is 251 g/mol. The van der Waals surface area contributed by atoms with Crippen LogP contribution in [0.15, 0.2) is 6.07 Å². The van der Waals surface area contributed by atoms with Crippen molar-refractivity contribution in [2.75, 3.05) is 13.6 Å². The molecule has 0 aromatic carbocycles. The van der Waals surface area contributed by atoms with E-state index in [-0.39, 0.29) is 12.0 Å². The second kappa shape index (κ2) is 5.10. The number of amides is 1. The van der Waals surface area contributed by atoms with E-state index in [4.69, 9.17) is 0 Å². The molecular weight excluding hydrogens is 230 g/mol. The molecule has 1 fully saturated rings. The maximum Gasteiger partial charge on any atom is 0.244 e. The number of aromatic nitrogens is 2. The van der Waals surface area contributed by atoms with Crippen molar-refractivity contribution in [3.63, 3.8) is 0 Å². The third-order valence-electron chi connectivity index (χ3n) is 3.56. The largest absolute Gasteiger partial charge is 0.393 e. The van der Waals surface area contributed by atoms with E-state index >= 15 is 0 Å². The van der Waals surface area contributed by atoms with Gasteiger partial charge in [-0.25, -0.2) is 0 Å². The average molecular weight is 251 g/mol. The van der Waals surface area contributed by atoms with Crippen LogP contribution in [0.1, 0.15) is 24.2 Å². The molecule has 0 saturated heterocycles. The van der Waals surface area contributed by atoms with Gasteiger partial charge in [0, 0.05) is 19.3 Å². The second-order valence-corrected chi connectivity index (χ2v) is 5.35. The standard InChI is InChI=1S/C13H21N3O2/c1-9-4-10(2)16(14-9)8-13(18)15(3)7-11-5-12(17)6-11/h4,11-12,17H,5-8H2,1-3H3. The van der Waals surface area contributed by atoms with E-state index in [0.29, 0.717) is 12.5 Å². The average Bonchev–Trinajstić information content (AvgIpc) is 2.55. The van der Waals surface area contributed by atoms with Crippen LogP contribution >= 0.6 is 0 Å². The van der Waals surface area contributed by atoms with Crippen LogP contribution in [0.5, 0.6) is 0 Å². The van der Waals surface area contributed by atoms with Crippen molar-refractivity contribution in [1.29, 1.82) is 0 Å². The summed E-state index contributed by atoms with van der Waals surface area (Å²) in [6.07, 6.45) is 1.48. The van der Waals surface area contributed by atoms with Gasteiger partial charge in [-0.2, -0.15) is 5.10 Å². The second-order valence-electron chi connectivity index (χ2n) is 5.35. The smallest absolute Gasteiger partial charge is 0.244 e. The lowest BCUT2D eigenvalue weighted by Gasteiger charge is -2.34. The maximum absolute atomic E-state index is 12.0. The van der Waals surface area contributed by atoms with Gasteiger partial charge < -0.3 is 10.0 Å². The number of aliphatic hydroxyl groups excluding tert-OH is 1. The molecule has 1 aromatic rings. The lowest BCUT2D eigenvalue weighted by Crippen LogP contribution is -2.40. The third kappa shape index (κ3) is 2.90. The molecule has 5 nitrogen and oxygen atoms in total. The van der Waals surface area contributed by atoms with Crippen molar-refractivity contribution in [2.24, 2.45) is 5.92 Å². The Balaban J connectivity index is 1.85. The summed E-state index contributed by atoms with van der Waals surface area (Å²) in [7, 11) is 1.82. The van der Waals surface area contributed by atoms with Crippen LogP contribution in [0.2, 0.25) is 0 Å². The highest BCUT2D eigenvalue weighted by molar-refractivity contribution is 5.75. The number of carbonyl (C=O) groups excluding carboxylic acids is 1. The molecule has 0 unspecified atom stereocenters. The fraction of sp³-hybridized carbons (Fsp3) is 0.692. The van der Waals surface area contributed by atoms with Crippen LogP contribution in [0, 0.1) is 19.8 Å². The summed E-state index contributed by atoms with van der Waals surface area (Å²) in [6, 6.07) is 1.97. The van der Waals surface area contributed by atoms with Gasteiger partial charge in [-0.15, -0.1) is 0 Å². The molecular formula is C13H21N3O2. The molecule has 0 spiro atoms. The van der Waals surface area contributed by atoms with E-state index in [1.807, 2.05) is 27.0 Å². The summed E-state index contributed by atoms with van der Waals surface area (Å²) in [5, 5.41) is 13.5. The molecule has 1 saturated carbocycles. The third-order valence-corrected chi connectivity index (χ3v) is 3.56. The van der Waals surface area contributed by atoms with E-state index < -0.39 is 0 Å². The van der Waals surface area contributed by atoms with Gasteiger partial charge in [0.05, 0.1) is 11.8 Å². The van der Waals surface area contributed by atoms with Crippen LogP contribution in [0.4, 0.5) is 0 Å². The topological polar surface area (TPSA) is 58.4 Å². The molecule has 1 aliphatic rings. The first-order valence-electron chi connectivity index (χ1n) is 6.38. The number of nitrogens with zero attached hydrogens (tertiary/aromatic N) is 3. The van der Waals surface area contributed by atoms with Gasteiger partial charge in [-0.3, -0.25) is 9.48 Å². The van der Waals surface area contributed by atoms with Crippen molar-refractivity contribution < 1.29 is 9.90 Å². The van der Waals surface area contributed by atoms with Crippen molar-refractivity contribution in [1.82, 2.24) is 14.7 Å². The van der Waals surface area contributed by atoms with Gasteiger partial charge in [0.25, 0.3) is 0 Å². The molecule has 0 aliphatic heterocycles. The number of aliphatic hydroxyl groups is 1. The number of hydrogen-bond donors (Lipinski definition) is 1. The minimum absolute atomic E-state index is 0.0718. The van der Waals surface area contributed by atoms with E-state index in [0.717, 1.165) is 30.8 Å². The number of likely N-dealkylation sites (N-methyl/N-ethyl adjacent to an activating group) is 1. The summed E-state index contributed by atoms with van der Waals surface area (Å²) in [6.45, 7) is 4.91. The van der Waals surface area contributed by atoms with Crippen molar-refractivity contribution in [2.45, 2.75) is 39.3 Å². The Kier molecular flexibility index (Phi) is 3.71. The summed E-state index contributed by atoms with van der Waals surface area (Å²) < 4.78 is 1.74. The Morgan fingerprint density at radius 3 is 2.72 bits per heavy atom. The fourth-order valence-electron chi connectivity index (χ4n) is 2.42. The highest BCUT2D eigenvalue weighted by Gasteiger charge is 2.29. The first kappa shape index (κ1) is 13.1. The number of aryl methyl sites for hydroxylation is 2. The fourth-order valence-corrected chi connectivity index (χ4v) is 2.42. The summed E-state index contributed by atoms with van der Waals surface area (Å²) >= 11 is 0. The van der Waals surface area contributed by atoms with E-state index in [2.05, 4.69) is 5.10 Å². The molecule has 1 amide bonds. The number of hydrogen-bond acceptors (Lipinski definition) is 3. The highest BCUT2D eigenvalue weighted by Crippen LogP contribution is 2.27. The van der Waals surface area contributed by atoms with Gasteiger partial charge in [0.15, 0.2) is 0 Å². The van der Waals surface area contributed by atoms with Gasteiger partial charge in [0.1, 0.15) is 6.54 Å². The first-order valence-corrected chi connectivity index (χ1v) is 6.38. The predicted octanol–water partition coefficient (Wildman–Crippen LogP) is 0.729. The summed E-state index contributed by atoms with van der Waals surface area (Å²) in [5.74, 6) is 0.525. The highest BCUT2D eigenvalue weighted by atomic mass is 16.3. The van der Waals surface area contributed by atoms with E-state index in [1.54, 1.807) is 9.58 Å². The molecule has 1 aliphatic carbocycles. The van der Waals surface area contributed by atoms with E-state index in [9.17, 15) is 9.90 Å². The number of carbonyl (C=O) groups is 1. The molecule has 5 heteroatoms. The summed E-state index contributed by atoms with van der Waals surface area (Å²) in [5.41, 5.74) is 1.94. The molecule has 0 radical (unpaired) electrons. The van der Waals surface area contributed by atoms with Crippen molar-refractivity contribution >= 4 is 5.91 Å². The van der Waals surface area contributed by atoms with Crippen LogP contribution in [0.25, 0.3) is 0 Å². The summed E-state index contributed by atoms with van der Waals surface area (Å²) in [4.78, 5) is 13.8.